The molecule has 4 rings (SSSR count). The summed E-state index contributed by atoms with van der Waals surface area (Å²) in [5.41, 5.74) is 2.84. The van der Waals surface area contributed by atoms with Crippen molar-refractivity contribution in [3.63, 3.8) is 0 Å². The summed E-state index contributed by atoms with van der Waals surface area (Å²) in [7, 11) is 0. The van der Waals surface area contributed by atoms with Gasteiger partial charge in [0.2, 0.25) is 0 Å². The molecule has 1 heterocycles. The third-order valence-corrected chi connectivity index (χ3v) is 5.97. The van der Waals surface area contributed by atoms with Crippen LogP contribution in [0.1, 0.15) is 16.7 Å². The number of benzene rings is 3. The van der Waals surface area contributed by atoms with E-state index >= 15 is 0 Å². The molecule has 0 radical (unpaired) electrons. The fourth-order valence-electron chi connectivity index (χ4n) is 3.14. The monoisotopic (exact) mass is 544 g/mol. The Bertz CT molecular complexity index is 1160. The Balaban J connectivity index is 1.46. The summed E-state index contributed by atoms with van der Waals surface area (Å²) >= 11 is 8.36. The third-order valence-electron chi connectivity index (χ3n) is 4.75. The second kappa shape index (κ2) is 9.53. The van der Waals surface area contributed by atoms with Gasteiger partial charge in [0.1, 0.15) is 18.1 Å². The van der Waals surface area contributed by atoms with Gasteiger partial charge in [0.15, 0.2) is 0 Å². The first-order valence-electron chi connectivity index (χ1n) is 9.55. The molecule has 1 aliphatic heterocycles. The number of nitrogens with one attached hydrogen (secondary N) is 1. The van der Waals surface area contributed by atoms with Crippen LogP contribution in [0.5, 0.6) is 5.75 Å². The van der Waals surface area contributed by atoms with Crippen LogP contribution in [-0.2, 0) is 17.9 Å². The van der Waals surface area contributed by atoms with Crippen LogP contribution < -0.4 is 10.1 Å². The lowest BCUT2D eigenvalue weighted by Crippen LogP contribution is -2.30. The van der Waals surface area contributed by atoms with E-state index < -0.39 is 6.03 Å². The van der Waals surface area contributed by atoms with Crippen LogP contribution in [0.4, 0.5) is 4.79 Å². The van der Waals surface area contributed by atoms with Gasteiger partial charge in [-0.15, -0.1) is 0 Å². The van der Waals surface area contributed by atoms with Crippen molar-refractivity contribution in [2.24, 2.45) is 0 Å². The molecule has 0 unspecified atom stereocenters. The van der Waals surface area contributed by atoms with E-state index in [2.05, 4.69) is 27.9 Å². The molecular formula is C24H18ClIN2O3. The van der Waals surface area contributed by atoms with Crippen LogP contribution in [0.2, 0.25) is 5.02 Å². The second-order valence-electron chi connectivity index (χ2n) is 6.94. The van der Waals surface area contributed by atoms with Crippen molar-refractivity contribution in [1.82, 2.24) is 10.2 Å². The minimum Gasteiger partial charge on any atom is -0.488 e. The topological polar surface area (TPSA) is 58.6 Å². The van der Waals surface area contributed by atoms with Gasteiger partial charge in [-0.2, -0.15) is 0 Å². The first kappa shape index (κ1) is 21.4. The van der Waals surface area contributed by atoms with Gasteiger partial charge >= 0.3 is 6.03 Å². The van der Waals surface area contributed by atoms with Crippen LogP contribution in [0, 0.1) is 3.57 Å². The van der Waals surface area contributed by atoms with Crippen molar-refractivity contribution in [2.75, 3.05) is 0 Å². The third kappa shape index (κ3) is 5.08. The average molecular weight is 545 g/mol. The van der Waals surface area contributed by atoms with Gasteiger partial charge in [0.25, 0.3) is 5.91 Å². The van der Waals surface area contributed by atoms with Gasteiger partial charge in [-0.25, -0.2) is 4.79 Å². The van der Waals surface area contributed by atoms with Gasteiger partial charge in [-0.1, -0.05) is 66.2 Å². The fourth-order valence-corrected chi connectivity index (χ4v) is 4.03. The Morgan fingerprint density at radius 3 is 2.48 bits per heavy atom. The number of carbonyl (C=O) groups is 2. The van der Waals surface area contributed by atoms with Crippen molar-refractivity contribution >= 4 is 52.2 Å². The molecule has 3 amide bonds. The molecule has 7 heteroatoms. The van der Waals surface area contributed by atoms with Crippen LogP contribution in [0.25, 0.3) is 6.08 Å². The normalized spacial score (nSPS) is 14.8. The van der Waals surface area contributed by atoms with E-state index in [1.165, 1.54) is 4.90 Å². The van der Waals surface area contributed by atoms with E-state index in [1.807, 2.05) is 72.8 Å². The SMILES string of the molecule is O=C1N/C(=C/c2ccc(OCc3ccccc3Cl)c(I)c2)C(=O)N1Cc1ccccc1. The fraction of sp³-hybridized carbons (Fsp3) is 0.0833. The largest absolute Gasteiger partial charge is 0.488 e. The Hall–Kier alpha value is -2.84. The van der Waals surface area contributed by atoms with Crippen molar-refractivity contribution < 1.29 is 14.3 Å². The first-order valence-corrected chi connectivity index (χ1v) is 11.0. The van der Waals surface area contributed by atoms with E-state index in [-0.39, 0.29) is 18.1 Å². The number of ether oxygens (including phenoxy) is 1. The minimum atomic E-state index is -0.422. The quantitative estimate of drug-likeness (QED) is 0.249. The van der Waals surface area contributed by atoms with Crippen LogP contribution >= 0.6 is 34.2 Å². The highest BCUT2D eigenvalue weighted by Gasteiger charge is 2.33. The molecule has 0 bridgehead atoms. The first-order chi connectivity index (χ1) is 15.0. The maximum Gasteiger partial charge on any atom is 0.329 e. The van der Waals surface area contributed by atoms with Gasteiger partial charge in [-0.3, -0.25) is 9.69 Å². The zero-order valence-corrected chi connectivity index (χ0v) is 19.3. The van der Waals surface area contributed by atoms with E-state index in [0.717, 1.165) is 26.0 Å². The molecule has 3 aromatic rings. The average Bonchev–Trinajstić information content (AvgIpc) is 3.02. The number of imide groups is 1. The number of hydrogen-bond acceptors (Lipinski definition) is 3. The molecule has 156 valence electrons. The Labute approximate surface area is 198 Å². The van der Waals surface area contributed by atoms with Gasteiger partial charge in [0.05, 0.1) is 10.1 Å². The summed E-state index contributed by atoms with van der Waals surface area (Å²) in [4.78, 5) is 26.2. The maximum atomic E-state index is 12.7. The summed E-state index contributed by atoms with van der Waals surface area (Å²) in [6, 6.07) is 22.1. The Morgan fingerprint density at radius 1 is 1.00 bits per heavy atom. The lowest BCUT2D eigenvalue weighted by atomic mass is 10.1. The van der Waals surface area contributed by atoms with E-state index in [4.69, 9.17) is 16.3 Å². The lowest BCUT2D eigenvalue weighted by Gasteiger charge is -2.11. The summed E-state index contributed by atoms with van der Waals surface area (Å²) in [5.74, 6) is 0.373. The van der Waals surface area contributed by atoms with Crippen molar-refractivity contribution in [1.29, 1.82) is 0 Å². The number of amides is 3. The summed E-state index contributed by atoms with van der Waals surface area (Å²) < 4.78 is 6.78. The molecule has 0 aromatic heterocycles. The molecule has 0 aliphatic carbocycles. The summed E-state index contributed by atoms with van der Waals surface area (Å²) in [6.07, 6.45) is 1.67. The van der Waals surface area contributed by atoms with Gasteiger partial charge in [0, 0.05) is 10.6 Å². The molecule has 1 fully saturated rings. The van der Waals surface area contributed by atoms with Crippen LogP contribution in [0.3, 0.4) is 0 Å². The summed E-state index contributed by atoms with van der Waals surface area (Å²) in [6.45, 7) is 0.592. The Morgan fingerprint density at radius 2 is 1.74 bits per heavy atom. The minimum absolute atomic E-state index is 0.231. The zero-order valence-electron chi connectivity index (χ0n) is 16.3. The molecule has 31 heavy (non-hydrogen) atoms. The smallest absolute Gasteiger partial charge is 0.329 e. The van der Waals surface area contributed by atoms with Crippen molar-refractivity contribution in [3.05, 3.63) is 104 Å². The highest BCUT2D eigenvalue weighted by molar-refractivity contribution is 14.1. The van der Waals surface area contributed by atoms with E-state index in [9.17, 15) is 9.59 Å². The number of urea groups is 1. The van der Waals surface area contributed by atoms with Crippen molar-refractivity contribution in [2.45, 2.75) is 13.2 Å². The lowest BCUT2D eigenvalue weighted by molar-refractivity contribution is -0.123. The highest BCUT2D eigenvalue weighted by Crippen LogP contribution is 2.26. The summed E-state index contributed by atoms with van der Waals surface area (Å²) in [5, 5.41) is 3.32. The van der Waals surface area contributed by atoms with E-state index in [1.54, 1.807) is 6.08 Å². The van der Waals surface area contributed by atoms with Crippen LogP contribution in [-0.4, -0.2) is 16.8 Å². The molecule has 1 N–H and O–H groups in total. The van der Waals surface area contributed by atoms with Crippen molar-refractivity contribution in [3.8, 4) is 5.75 Å². The standard InChI is InChI=1S/C24H18ClIN2O3/c25-19-9-5-4-8-18(19)15-31-22-11-10-17(12-20(22)26)13-21-23(29)28(24(30)27-21)14-16-6-2-1-3-7-16/h1-13H,14-15H2,(H,27,30)/b21-13+. The number of nitrogens with zero attached hydrogens (tertiary/aromatic N) is 1. The molecular weight excluding hydrogens is 527 g/mol. The number of carbonyl (C=O) groups excluding carboxylic acids is 2. The predicted molar refractivity (Wildman–Crippen MR) is 128 cm³/mol. The molecule has 0 atom stereocenters. The molecule has 0 saturated carbocycles. The molecule has 1 aliphatic rings. The predicted octanol–water partition coefficient (Wildman–Crippen LogP) is 5.62. The number of rotatable bonds is 6. The maximum absolute atomic E-state index is 12.7. The molecule has 0 spiro atoms. The molecule has 3 aromatic carbocycles. The van der Waals surface area contributed by atoms with Gasteiger partial charge < -0.3 is 10.1 Å². The van der Waals surface area contributed by atoms with Gasteiger partial charge in [-0.05, 0) is 58.0 Å². The Kier molecular flexibility index (Phi) is 6.58. The number of hydrogen-bond donors (Lipinski definition) is 1. The molecule has 1 saturated heterocycles. The second-order valence-corrected chi connectivity index (χ2v) is 8.50. The van der Waals surface area contributed by atoms with E-state index in [0.29, 0.717) is 11.6 Å². The van der Waals surface area contributed by atoms with Crippen LogP contribution in [0.15, 0.2) is 78.5 Å². The molecule has 5 nitrogen and oxygen atoms in total. The highest BCUT2D eigenvalue weighted by atomic mass is 127. The zero-order chi connectivity index (χ0) is 21.8. The number of halogens is 2.